The fourth-order valence-electron chi connectivity index (χ4n) is 1.53. The van der Waals surface area contributed by atoms with Crippen LogP contribution in [-0.2, 0) is 0 Å². The van der Waals surface area contributed by atoms with E-state index >= 15 is 0 Å². The summed E-state index contributed by atoms with van der Waals surface area (Å²) < 4.78 is 0. The maximum Gasteiger partial charge on any atom is 0.0856 e. The maximum absolute atomic E-state index is 8.78. The highest BCUT2D eigenvalue weighted by atomic mass is 14.7. The third-order valence-corrected chi connectivity index (χ3v) is 2.53. The highest BCUT2D eigenvalue weighted by molar-refractivity contribution is 5.62. The summed E-state index contributed by atoms with van der Waals surface area (Å²) >= 11 is 0. The molecule has 0 aliphatic heterocycles. The van der Waals surface area contributed by atoms with Gasteiger partial charge in [-0.3, -0.25) is 4.98 Å². The zero-order chi connectivity index (χ0) is 11.4. The van der Waals surface area contributed by atoms with Crippen LogP contribution in [0.5, 0.6) is 0 Å². The van der Waals surface area contributed by atoms with Gasteiger partial charge in [0.25, 0.3) is 0 Å². The molecule has 16 heavy (non-hydrogen) atoms. The fourth-order valence-corrected chi connectivity index (χ4v) is 1.53. The van der Waals surface area contributed by atoms with E-state index in [4.69, 9.17) is 5.26 Å². The van der Waals surface area contributed by atoms with Gasteiger partial charge in [-0.2, -0.15) is 5.26 Å². The van der Waals surface area contributed by atoms with E-state index in [0.717, 1.165) is 16.8 Å². The molecular weight excluding hydrogens is 196 g/mol. The predicted molar refractivity (Wildman–Crippen MR) is 63.7 cm³/mol. The summed E-state index contributed by atoms with van der Waals surface area (Å²) in [6, 6.07) is 16.2. The molecule has 2 rings (SSSR count). The summed E-state index contributed by atoms with van der Waals surface area (Å²) in [5.74, 6) is -0.148. The Kier molecular flexibility index (Phi) is 2.98. The molecule has 1 aromatic carbocycles. The Morgan fingerprint density at radius 2 is 1.81 bits per heavy atom. The van der Waals surface area contributed by atoms with Crippen LogP contribution in [0.25, 0.3) is 11.1 Å². The molecular formula is C14H12N2. The molecule has 2 nitrogen and oxygen atoms in total. The van der Waals surface area contributed by atoms with Crippen molar-refractivity contribution >= 4 is 0 Å². The van der Waals surface area contributed by atoms with Crippen LogP contribution < -0.4 is 0 Å². The topological polar surface area (TPSA) is 36.7 Å². The molecule has 2 heteroatoms. The van der Waals surface area contributed by atoms with E-state index in [0.29, 0.717) is 0 Å². The number of benzene rings is 1. The van der Waals surface area contributed by atoms with Gasteiger partial charge in [-0.1, -0.05) is 36.4 Å². The summed E-state index contributed by atoms with van der Waals surface area (Å²) in [6.45, 7) is 1.85. The number of nitriles is 1. The molecule has 0 spiro atoms. The van der Waals surface area contributed by atoms with Gasteiger partial charge < -0.3 is 0 Å². The van der Waals surface area contributed by atoms with E-state index in [1.165, 1.54) is 0 Å². The van der Waals surface area contributed by atoms with Crippen LogP contribution in [0.4, 0.5) is 0 Å². The molecule has 0 radical (unpaired) electrons. The molecule has 1 unspecified atom stereocenters. The lowest BCUT2D eigenvalue weighted by atomic mass is 10.0. The Hall–Kier alpha value is -2.14. The summed E-state index contributed by atoms with van der Waals surface area (Å²) in [5, 5.41) is 8.78. The maximum atomic E-state index is 8.78. The predicted octanol–water partition coefficient (Wildman–Crippen LogP) is 3.38. The number of aromatic nitrogens is 1. The van der Waals surface area contributed by atoms with Crippen LogP contribution in [-0.4, -0.2) is 4.98 Å². The highest BCUT2D eigenvalue weighted by Crippen LogP contribution is 2.19. The Labute approximate surface area is 95.2 Å². The van der Waals surface area contributed by atoms with Crippen LogP contribution in [0.15, 0.2) is 48.7 Å². The molecule has 0 aliphatic carbocycles. The second-order valence-corrected chi connectivity index (χ2v) is 3.69. The second-order valence-electron chi connectivity index (χ2n) is 3.69. The van der Waals surface area contributed by atoms with E-state index < -0.39 is 0 Å². The van der Waals surface area contributed by atoms with Gasteiger partial charge in [-0.05, 0) is 18.6 Å². The van der Waals surface area contributed by atoms with Crippen LogP contribution in [0.2, 0.25) is 0 Å². The Morgan fingerprint density at radius 1 is 1.06 bits per heavy atom. The van der Waals surface area contributed by atoms with Gasteiger partial charge in [0.2, 0.25) is 0 Å². The highest BCUT2D eigenvalue weighted by Gasteiger charge is 2.05. The molecule has 2 aromatic rings. The van der Waals surface area contributed by atoms with E-state index in [2.05, 4.69) is 11.1 Å². The molecule has 0 saturated carbocycles. The van der Waals surface area contributed by atoms with Crippen LogP contribution in [0.1, 0.15) is 18.5 Å². The number of hydrogen-bond donors (Lipinski definition) is 0. The van der Waals surface area contributed by atoms with Crippen molar-refractivity contribution in [3.63, 3.8) is 0 Å². The van der Waals surface area contributed by atoms with Crippen LogP contribution in [0, 0.1) is 11.3 Å². The van der Waals surface area contributed by atoms with E-state index in [1.807, 2.05) is 55.6 Å². The average Bonchev–Trinajstić information content (AvgIpc) is 2.39. The molecule has 0 aliphatic rings. The zero-order valence-corrected chi connectivity index (χ0v) is 9.09. The second kappa shape index (κ2) is 4.59. The first kappa shape index (κ1) is 10.4. The van der Waals surface area contributed by atoms with Gasteiger partial charge in [0.1, 0.15) is 0 Å². The van der Waals surface area contributed by atoms with Gasteiger partial charge in [0.05, 0.1) is 17.7 Å². The van der Waals surface area contributed by atoms with Crippen molar-refractivity contribution in [3.05, 3.63) is 54.4 Å². The van der Waals surface area contributed by atoms with Crippen molar-refractivity contribution in [3.8, 4) is 17.2 Å². The van der Waals surface area contributed by atoms with E-state index in [1.54, 1.807) is 0 Å². The monoisotopic (exact) mass is 208 g/mol. The lowest BCUT2D eigenvalue weighted by Crippen LogP contribution is -1.93. The quantitative estimate of drug-likeness (QED) is 0.758. The molecule has 1 atom stereocenters. The fraction of sp³-hybridized carbons (Fsp3) is 0.143. The SMILES string of the molecule is CC(C#N)c1ccc(-c2ccccc2)cn1. The van der Waals surface area contributed by atoms with Crippen molar-refractivity contribution in [2.24, 2.45) is 0 Å². The van der Waals surface area contributed by atoms with Crippen molar-refractivity contribution in [1.29, 1.82) is 5.26 Å². The molecule has 1 aromatic heterocycles. The van der Waals surface area contributed by atoms with Crippen LogP contribution >= 0.6 is 0 Å². The van der Waals surface area contributed by atoms with Crippen molar-refractivity contribution in [2.75, 3.05) is 0 Å². The van der Waals surface area contributed by atoms with E-state index in [9.17, 15) is 0 Å². The van der Waals surface area contributed by atoms with Gasteiger partial charge in [-0.25, -0.2) is 0 Å². The van der Waals surface area contributed by atoms with Gasteiger partial charge in [0, 0.05) is 11.8 Å². The number of hydrogen-bond acceptors (Lipinski definition) is 2. The number of nitrogens with zero attached hydrogens (tertiary/aromatic N) is 2. The molecule has 0 N–H and O–H groups in total. The first-order chi connectivity index (χ1) is 7.81. The zero-order valence-electron chi connectivity index (χ0n) is 9.09. The lowest BCUT2D eigenvalue weighted by Gasteiger charge is -2.04. The Bertz CT molecular complexity index is 495. The third-order valence-electron chi connectivity index (χ3n) is 2.53. The molecule has 1 heterocycles. The molecule has 78 valence electrons. The summed E-state index contributed by atoms with van der Waals surface area (Å²) in [4.78, 5) is 4.30. The molecule has 0 saturated heterocycles. The molecule has 0 amide bonds. The number of pyridine rings is 1. The van der Waals surface area contributed by atoms with Crippen molar-refractivity contribution in [2.45, 2.75) is 12.8 Å². The standard InChI is InChI=1S/C14H12N2/c1-11(9-15)14-8-7-13(10-16-14)12-5-3-2-4-6-12/h2-8,10-11H,1H3. The minimum absolute atomic E-state index is 0.148. The largest absolute Gasteiger partial charge is 0.259 e. The molecule has 0 fully saturated rings. The number of rotatable bonds is 2. The summed E-state index contributed by atoms with van der Waals surface area (Å²) in [6.07, 6.45) is 1.82. The van der Waals surface area contributed by atoms with Crippen molar-refractivity contribution in [1.82, 2.24) is 4.98 Å². The van der Waals surface area contributed by atoms with Gasteiger partial charge in [0.15, 0.2) is 0 Å². The third kappa shape index (κ3) is 2.09. The lowest BCUT2D eigenvalue weighted by molar-refractivity contribution is 0.920. The minimum atomic E-state index is -0.148. The first-order valence-corrected chi connectivity index (χ1v) is 5.22. The van der Waals surface area contributed by atoms with E-state index in [-0.39, 0.29) is 5.92 Å². The average molecular weight is 208 g/mol. The summed E-state index contributed by atoms with van der Waals surface area (Å²) in [5.41, 5.74) is 3.04. The summed E-state index contributed by atoms with van der Waals surface area (Å²) in [7, 11) is 0. The Balaban J connectivity index is 2.31. The van der Waals surface area contributed by atoms with Crippen molar-refractivity contribution < 1.29 is 0 Å². The minimum Gasteiger partial charge on any atom is -0.259 e. The van der Waals surface area contributed by atoms with Gasteiger partial charge >= 0.3 is 0 Å². The smallest absolute Gasteiger partial charge is 0.0856 e. The normalized spacial score (nSPS) is 11.8. The Morgan fingerprint density at radius 3 is 2.38 bits per heavy atom. The van der Waals surface area contributed by atoms with Gasteiger partial charge in [-0.15, -0.1) is 0 Å². The molecule has 0 bridgehead atoms. The van der Waals surface area contributed by atoms with Crippen LogP contribution in [0.3, 0.4) is 0 Å². The first-order valence-electron chi connectivity index (χ1n) is 5.22.